The molecule has 2 aliphatic rings. The van der Waals surface area contributed by atoms with Gasteiger partial charge in [-0.05, 0) is 44.1 Å². The van der Waals surface area contributed by atoms with Gasteiger partial charge in [0.05, 0.1) is 0 Å². The molecule has 0 bridgehead atoms. The number of likely N-dealkylation sites (tertiary alicyclic amines) is 1. The molecule has 1 aliphatic heterocycles. The summed E-state index contributed by atoms with van der Waals surface area (Å²) in [7, 11) is 0. The molecule has 2 rings (SSSR count). The molecule has 0 radical (unpaired) electrons. The highest BCUT2D eigenvalue weighted by molar-refractivity contribution is 4.85. The lowest BCUT2D eigenvalue weighted by molar-refractivity contribution is 0.147. The first kappa shape index (κ1) is 12.4. The Morgan fingerprint density at radius 1 is 1.19 bits per heavy atom. The molecule has 0 spiro atoms. The van der Waals surface area contributed by atoms with Crippen LogP contribution in [-0.4, -0.2) is 35.7 Å². The van der Waals surface area contributed by atoms with Crippen LogP contribution in [0.5, 0.6) is 0 Å². The zero-order chi connectivity index (χ0) is 11.4. The van der Waals surface area contributed by atoms with E-state index in [2.05, 4.69) is 11.8 Å². The molecule has 1 saturated heterocycles. The van der Waals surface area contributed by atoms with Gasteiger partial charge in [-0.25, -0.2) is 0 Å². The van der Waals surface area contributed by atoms with E-state index in [-0.39, 0.29) is 0 Å². The molecule has 0 aromatic carbocycles. The van der Waals surface area contributed by atoms with Crippen molar-refractivity contribution in [2.45, 2.75) is 57.9 Å². The Balaban J connectivity index is 1.79. The van der Waals surface area contributed by atoms with E-state index in [0.29, 0.717) is 6.61 Å². The molecule has 0 aromatic heterocycles. The van der Waals surface area contributed by atoms with Crippen LogP contribution in [0.2, 0.25) is 0 Å². The van der Waals surface area contributed by atoms with Gasteiger partial charge in [0.2, 0.25) is 0 Å². The van der Waals surface area contributed by atoms with E-state index >= 15 is 0 Å². The van der Waals surface area contributed by atoms with Gasteiger partial charge in [0.1, 0.15) is 0 Å². The van der Waals surface area contributed by atoms with Crippen LogP contribution in [0.25, 0.3) is 0 Å². The fourth-order valence-electron chi connectivity index (χ4n) is 3.58. The standard InChI is InChI=1S/C14H27NO/c1-2-12-4-3-5-14(10-12)15-8-6-13(11-15)7-9-16/h12-14,16H,2-11H2,1H3. The summed E-state index contributed by atoms with van der Waals surface area (Å²) in [5.74, 6) is 1.75. The van der Waals surface area contributed by atoms with Gasteiger partial charge in [-0.3, -0.25) is 0 Å². The lowest BCUT2D eigenvalue weighted by Gasteiger charge is -2.35. The summed E-state index contributed by atoms with van der Waals surface area (Å²) in [6.45, 7) is 5.25. The van der Waals surface area contributed by atoms with E-state index in [1.807, 2.05) is 0 Å². The van der Waals surface area contributed by atoms with Crippen molar-refractivity contribution < 1.29 is 5.11 Å². The minimum Gasteiger partial charge on any atom is -0.396 e. The van der Waals surface area contributed by atoms with Gasteiger partial charge < -0.3 is 10.0 Å². The molecule has 1 aliphatic carbocycles. The molecule has 0 aromatic rings. The van der Waals surface area contributed by atoms with Crippen molar-refractivity contribution in [3.8, 4) is 0 Å². The third-order valence-electron chi connectivity index (χ3n) is 4.70. The molecule has 16 heavy (non-hydrogen) atoms. The van der Waals surface area contributed by atoms with Gasteiger partial charge in [0, 0.05) is 19.2 Å². The minimum absolute atomic E-state index is 0.376. The molecular formula is C14H27NO. The average Bonchev–Trinajstić information content (AvgIpc) is 2.78. The maximum atomic E-state index is 8.98. The van der Waals surface area contributed by atoms with E-state index in [9.17, 15) is 0 Å². The van der Waals surface area contributed by atoms with E-state index < -0.39 is 0 Å². The molecule has 1 saturated carbocycles. The largest absolute Gasteiger partial charge is 0.396 e. The van der Waals surface area contributed by atoms with Crippen LogP contribution >= 0.6 is 0 Å². The highest BCUT2D eigenvalue weighted by Gasteiger charge is 2.30. The maximum Gasteiger partial charge on any atom is 0.0434 e. The normalized spacial score (nSPS) is 36.8. The lowest BCUT2D eigenvalue weighted by Crippen LogP contribution is -2.37. The molecule has 0 amide bonds. The molecular weight excluding hydrogens is 198 g/mol. The van der Waals surface area contributed by atoms with Gasteiger partial charge in [0.15, 0.2) is 0 Å². The summed E-state index contributed by atoms with van der Waals surface area (Å²) in [5, 5.41) is 8.98. The van der Waals surface area contributed by atoms with Crippen molar-refractivity contribution >= 4 is 0 Å². The van der Waals surface area contributed by atoms with Crippen LogP contribution in [0.3, 0.4) is 0 Å². The fourth-order valence-corrected chi connectivity index (χ4v) is 3.58. The monoisotopic (exact) mass is 225 g/mol. The Morgan fingerprint density at radius 2 is 2.06 bits per heavy atom. The van der Waals surface area contributed by atoms with Crippen LogP contribution < -0.4 is 0 Å². The zero-order valence-corrected chi connectivity index (χ0v) is 10.7. The molecule has 1 N–H and O–H groups in total. The van der Waals surface area contributed by atoms with Crippen LogP contribution in [0.1, 0.15) is 51.9 Å². The van der Waals surface area contributed by atoms with Gasteiger partial charge in [-0.15, -0.1) is 0 Å². The highest BCUT2D eigenvalue weighted by atomic mass is 16.3. The molecule has 94 valence electrons. The Bertz CT molecular complexity index is 207. The second kappa shape index (κ2) is 6.02. The maximum absolute atomic E-state index is 8.98. The van der Waals surface area contributed by atoms with Gasteiger partial charge in [-0.1, -0.05) is 26.2 Å². The number of hydrogen-bond donors (Lipinski definition) is 1. The first-order valence-corrected chi connectivity index (χ1v) is 7.18. The molecule has 3 unspecified atom stereocenters. The first-order chi connectivity index (χ1) is 7.83. The number of nitrogens with zero attached hydrogens (tertiary/aromatic N) is 1. The first-order valence-electron chi connectivity index (χ1n) is 7.18. The third kappa shape index (κ3) is 2.98. The van der Waals surface area contributed by atoms with Crippen molar-refractivity contribution in [3.05, 3.63) is 0 Å². The highest BCUT2D eigenvalue weighted by Crippen LogP contribution is 2.32. The van der Waals surface area contributed by atoms with Crippen LogP contribution in [0.15, 0.2) is 0 Å². The predicted molar refractivity (Wildman–Crippen MR) is 67.4 cm³/mol. The summed E-state index contributed by atoms with van der Waals surface area (Å²) < 4.78 is 0. The van der Waals surface area contributed by atoms with E-state index in [0.717, 1.165) is 24.3 Å². The van der Waals surface area contributed by atoms with Crippen LogP contribution in [0, 0.1) is 11.8 Å². The number of aliphatic hydroxyl groups is 1. The molecule has 2 nitrogen and oxygen atoms in total. The molecule has 2 heteroatoms. The van der Waals surface area contributed by atoms with Crippen LogP contribution in [-0.2, 0) is 0 Å². The van der Waals surface area contributed by atoms with Crippen LogP contribution in [0.4, 0.5) is 0 Å². The predicted octanol–water partition coefficient (Wildman–Crippen LogP) is 2.66. The fraction of sp³-hybridized carbons (Fsp3) is 1.00. The van der Waals surface area contributed by atoms with E-state index in [1.54, 1.807) is 0 Å². The zero-order valence-electron chi connectivity index (χ0n) is 10.7. The van der Waals surface area contributed by atoms with Gasteiger partial charge in [0.25, 0.3) is 0 Å². The number of aliphatic hydroxyl groups excluding tert-OH is 1. The average molecular weight is 225 g/mol. The Hall–Kier alpha value is -0.0800. The smallest absolute Gasteiger partial charge is 0.0434 e. The summed E-state index contributed by atoms with van der Waals surface area (Å²) in [6, 6.07) is 0.863. The molecule has 3 atom stereocenters. The van der Waals surface area contributed by atoms with Crippen molar-refractivity contribution in [2.24, 2.45) is 11.8 Å². The third-order valence-corrected chi connectivity index (χ3v) is 4.70. The quantitative estimate of drug-likeness (QED) is 0.795. The Kier molecular flexibility index (Phi) is 4.66. The summed E-state index contributed by atoms with van der Waals surface area (Å²) in [4.78, 5) is 2.71. The van der Waals surface area contributed by atoms with Crippen molar-refractivity contribution in [1.29, 1.82) is 0 Å². The van der Waals surface area contributed by atoms with E-state index in [1.165, 1.54) is 51.6 Å². The number of hydrogen-bond acceptors (Lipinski definition) is 2. The Morgan fingerprint density at radius 3 is 2.81 bits per heavy atom. The lowest BCUT2D eigenvalue weighted by atomic mass is 9.83. The van der Waals surface area contributed by atoms with Crippen molar-refractivity contribution in [1.82, 2.24) is 4.90 Å². The minimum atomic E-state index is 0.376. The van der Waals surface area contributed by atoms with Gasteiger partial charge in [-0.2, -0.15) is 0 Å². The summed E-state index contributed by atoms with van der Waals surface area (Å²) >= 11 is 0. The molecule has 2 fully saturated rings. The topological polar surface area (TPSA) is 23.5 Å². The summed E-state index contributed by atoms with van der Waals surface area (Å²) in [5.41, 5.74) is 0. The Labute approximate surface area is 100 Å². The SMILES string of the molecule is CCC1CCCC(N2CCC(CCO)C2)C1. The summed E-state index contributed by atoms with van der Waals surface area (Å²) in [6.07, 6.45) is 9.44. The van der Waals surface area contributed by atoms with Crippen molar-refractivity contribution in [2.75, 3.05) is 19.7 Å². The second-order valence-corrected chi connectivity index (χ2v) is 5.76. The second-order valence-electron chi connectivity index (χ2n) is 5.76. The molecule has 1 heterocycles. The van der Waals surface area contributed by atoms with Crippen molar-refractivity contribution in [3.63, 3.8) is 0 Å². The number of rotatable bonds is 4. The van der Waals surface area contributed by atoms with E-state index in [4.69, 9.17) is 5.11 Å². The van der Waals surface area contributed by atoms with Gasteiger partial charge >= 0.3 is 0 Å².